The van der Waals surface area contributed by atoms with Crippen molar-refractivity contribution in [3.8, 4) is 56.3 Å². The van der Waals surface area contributed by atoms with Crippen LogP contribution >= 0.6 is 0 Å². The van der Waals surface area contributed by atoms with Crippen molar-refractivity contribution in [3.05, 3.63) is 231 Å². The highest BCUT2D eigenvalue weighted by atomic mass is 15.2. The largest absolute Gasteiger partial charge is 0.309 e. The zero-order valence-electron chi connectivity index (χ0n) is 34.7. The molecule has 0 saturated carbocycles. The molecule has 0 saturated heterocycles. The minimum Gasteiger partial charge on any atom is -0.309 e. The summed E-state index contributed by atoms with van der Waals surface area (Å²) in [5.74, 6) is 0.646. The summed E-state index contributed by atoms with van der Waals surface area (Å²) in [7, 11) is 0. The van der Waals surface area contributed by atoms with E-state index in [0.717, 1.165) is 77.1 Å². The van der Waals surface area contributed by atoms with Gasteiger partial charge < -0.3 is 4.57 Å². The van der Waals surface area contributed by atoms with Crippen molar-refractivity contribution in [1.82, 2.24) is 19.1 Å². The first kappa shape index (κ1) is 36.1. The lowest BCUT2D eigenvalue weighted by atomic mass is 9.98. The number of nitrogens with zero attached hydrogens (tertiary/aromatic N) is 4. The lowest BCUT2D eigenvalue weighted by Crippen LogP contribution is -2.03. The third-order valence-corrected chi connectivity index (χ3v) is 12.9. The molecule has 0 unspecified atom stereocenters. The van der Waals surface area contributed by atoms with Gasteiger partial charge in [0.05, 0.1) is 33.3 Å². The predicted molar refractivity (Wildman–Crippen MR) is 267 cm³/mol. The van der Waals surface area contributed by atoms with Crippen LogP contribution in [0, 0.1) is 0 Å². The Morgan fingerprint density at radius 1 is 0.266 bits per heavy atom. The van der Waals surface area contributed by atoms with Crippen LogP contribution in [-0.4, -0.2) is 19.1 Å². The van der Waals surface area contributed by atoms with Gasteiger partial charge in [-0.05, 0) is 105 Å². The molecular weight excluding hydrogens is 777 g/mol. The Morgan fingerprint density at radius 3 is 1.20 bits per heavy atom. The second-order valence-electron chi connectivity index (χ2n) is 16.6. The van der Waals surface area contributed by atoms with E-state index in [-0.39, 0.29) is 0 Å². The first-order valence-corrected chi connectivity index (χ1v) is 21.8. The standard InChI is InChI=1S/C60H38N4/c1-5-15-39(16-6-1)43-26-31-54-50(35-43)51-37-45(28-32-55(51)63(54)47-22-11-4-12-23-47)46-29-34-57-53(38-46)52-36-44(40-17-7-2-8-18-40)27-33-56(52)64(57)60-61-58(42-20-9-3-10-21-42)49-30-25-41-19-13-14-24-48(41)59(49)62-60/h1-38H. The van der Waals surface area contributed by atoms with Gasteiger partial charge in [0.2, 0.25) is 5.95 Å². The Hall–Kier alpha value is -8.60. The molecule has 0 aliphatic carbocycles. The van der Waals surface area contributed by atoms with Crippen molar-refractivity contribution in [2.24, 2.45) is 0 Å². The molecule has 0 aliphatic rings. The Bertz CT molecular complexity index is 3930. The van der Waals surface area contributed by atoms with Gasteiger partial charge in [-0.2, -0.15) is 0 Å². The second kappa shape index (κ2) is 14.5. The van der Waals surface area contributed by atoms with Gasteiger partial charge in [0.1, 0.15) is 0 Å². The zero-order valence-corrected chi connectivity index (χ0v) is 34.7. The van der Waals surface area contributed by atoms with Gasteiger partial charge in [0.15, 0.2) is 0 Å². The van der Waals surface area contributed by atoms with Crippen molar-refractivity contribution < 1.29 is 0 Å². The average Bonchev–Trinajstić information content (AvgIpc) is 3.88. The maximum absolute atomic E-state index is 5.46. The summed E-state index contributed by atoms with van der Waals surface area (Å²) < 4.78 is 4.65. The van der Waals surface area contributed by atoms with Gasteiger partial charge in [-0.3, -0.25) is 4.57 Å². The molecule has 0 aliphatic heterocycles. The number of hydrogen-bond acceptors (Lipinski definition) is 2. The topological polar surface area (TPSA) is 35.6 Å². The van der Waals surface area contributed by atoms with E-state index in [2.05, 4.69) is 240 Å². The number of aromatic nitrogens is 4. The van der Waals surface area contributed by atoms with Gasteiger partial charge in [0.25, 0.3) is 0 Å². The fourth-order valence-electron chi connectivity index (χ4n) is 9.86. The number of para-hydroxylation sites is 1. The SMILES string of the molecule is c1ccc(-c2ccc3c(c2)c2cc(-c4ccc5c(c4)c4cc(-c6ccccc6)ccc4n5-c4nc(-c5ccccc5)c5ccc6ccccc6c5n4)ccc2n3-c2ccccc2)cc1. The third-order valence-electron chi connectivity index (χ3n) is 12.9. The molecule has 0 N–H and O–H groups in total. The minimum absolute atomic E-state index is 0.646. The van der Waals surface area contributed by atoms with Crippen LogP contribution in [-0.2, 0) is 0 Å². The molecule has 64 heavy (non-hydrogen) atoms. The molecule has 4 nitrogen and oxygen atoms in total. The quantitative estimate of drug-likeness (QED) is 0.157. The molecule has 0 radical (unpaired) electrons. The summed E-state index contributed by atoms with van der Waals surface area (Å²) >= 11 is 0. The molecular formula is C60H38N4. The molecule has 0 spiro atoms. The molecule has 13 aromatic rings. The van der Waals surface area contributed by atoms with Gasteiger partial charge in [0, 0.05) is 43.6 Å². The highest BCUT2D eigenvalue weighted by molar-refractivity contribution is 6.14. The number of benzene rings is 10. The van der Waals surface area contributed by atoms with E-state index in [9.17, 15) is 0 Å². The van der Waals surface area contributed by atoms with Crippen molar-refractivity contribution in [2.75, 3.05) is 0 Å². The summed E-state index contributed by atoms with van der Waals surface area (Å²) in [5.41, 5.74) is 15.6. The summed E-state index contributed by atoms with van der Waals surface area (Å²) in [6.07, 6.45) is 0. The predicted octanol–water partition coefficient (Wildman–Crippen LogP) is 15.6. The van der Waals surface area contributed by atoms with E-state index in [0.29, 0.717) is 5.95 Å². The summed E-state index contributed by atoms with van der Waals surface area (Å²) in [6.45, 7) is 0. The Labute approximate surface area is 369 Å². The van der Waals surface area contributed by atoms with Gasteiger partial charge in [-0.25, -0.2) is 9.97 Å². The van der Waals surface area contributed by atoms with Crippen LogP contribution in [0.15, 0.2) is 231 Å². The normalized spacial score (nSPS) is 11.8. The number of rotatable bonds is 6. The molecule has 298 valence electrons. The second-order valence-corrected chi connectivity index (χ2v) is 16.6. The molecule has 0 fully saturated rings. The van der Waals surface area contributed by atoms with E-state index in [1.54, 1.807) is 0 Å². The van der Waals surface area contributed by atoms with E-state index in [1.165, 1.54) is 38.5 Å². The Morgan fingerprint density at radius 2 is 0.688 bits per heavy atom. The molecule has 4 heteroatoms. The van der Waals surface area contributed by atoms with E-state index in [4.69, 9.17) is 9.97 Å². The van der Waals surface area contributed by atoms with E-state index >= 15 is 0 Å². The van der Waals surface area contributed by atoms with Crippen LogP contribution in [0.3, 0.4) is 0 Å². The highest BCUT2D eigenvalue weighted by Crippen LogP contribution is 2.41. The van der Waals surface area contributed by atoms with Crippen molar-refractivity contribution in [1.29, 1.82) is 0 Å². The maximum Gasteiger partial charge on any atom is 0.235 e. The lowest BCUT2D eigenvalue weighted by Gasteiger charge is -2.13. The maximum atomic E-state index is 5.46. The molecule has 0 amide bonds. The Kier molecular flexibility index (Phi) is 8.18. The van der Waals surface area contributed by atoms with Gasteiger partial charge in [-0.15, -0.1) is 0 Å². The summed E-state index contributed by atoms with van der Waals surface area (Å²) in [5, 5.41) is 8.02. The van der Waals surface area contributed by atoms with Crippen molar-refractivity contribution >= 4 is 65.3 Å². The fraction of sp³-hybridized carbons (Fsp3) is 0. The van der Waals surface area contributed by atoms with Crippen LogP contribution in [0.1, 0.15) is 0 Å². The molecule has 3 heterocycles. The van der Waals surface area contributed by atoms with Crippen LogP contribution < -0.4 is 0 Å². The van der Waals surface area contributed by atoms with Crippen molar-refractivity contribution in [3.63, 3.8) is 0 Å². The average molecular weight is 815 g/mol. The minimum atomic E-state index is 0.646. The Balaban J connectivity index is 1.06. The smallest absolute Gasteiger partial charge is 0.235 e. The zero-order chi connectivity index (χ0) is 42.1. The number of fused-ring (bicyclic) bond motifs is 9. The first-order chi connectivity index (χ1) is 31.7. The van der Waals surface area contributed by atoms with E-state index in [1.807, 2.05) is 0 Å². The fourth-order valence-corrected chi connectivity index (χ4v) is 9.86. The first-order valence-electron chi connectivity index (χ1n) is 21.8. The van der Waals surface area contributed by atoms with Crippen LogP contribution in [0.2, 0.25) is 0 Å². The summed E-state index contributed by atoms with van der Waals surface area (Å²) in [4.78, 5) is 10.9. The van der Waals surface area contributed by atoms with Crippen LogP contribution in [0.5, 0.6) is 0 Å². The molecule has 0 atom stereocenters. The number of hydrogen-bond donors (Lipinski definition) is 0. The van der Waals surface area contributed by atoms with Crippen LogP contribution in [0.25, 0.3) is 122 Å². The van der Waals surface area contributed by atoms with Gasteiger partial charge >= 0.3 is 0 Å². The third kappa shape index (κ3) is 5.77. The molecule has 13 rings (SSSR count). The van der Waals surface area contributed by atoms with Crippen molar-refractivity contribution in [2.45, 2.75) is 0 Å². The summed E-state index contributed by atoms with van der Waals surface area (Å²) in [6, 6.07) is 82.9. The molecule has 0 bridgehead atoms. The lowest BCUT2D eigenvalue weighted by molar-refractivity contribution is 1.02. The molecule has 10 aromatic carbocycles. The van der Waals surface area contributed by atoms with E-state index < -0.39 is 0 Å². The highest BCUT2D eigenvalue weighted by Gasteiger charge is 2.21. The molecule has 3 aromatic heterocycles. The van der Waals surface area contributed by atoms with Gasteiger partial charge in [-0.1, -0.05) is 164 Å². The monoisotopic (exact) mass is 814 g/mol. The van der Waals surface area contributed by atoms with Crippen LogP contribution in [0.4, 0.5) is 0 Å².